The summed E-state index contributed by atoms with van der Waals surface area (Å²) in [4.78, 5) is 7.73. The molecule has 1 aromatic rings. The van der Waals surface area contributed by atoms with E-state index in [2.05, 4.69) is 50.8 Å². The van der Waals surface area contributed by atoms with Crippen molar-refractivity contribution in [2.75, 3.05) is 0 Å². The Kier molecular flexibility index (Phi) is 4.64. The van der Waals surface area contributed by atoms with E-state index in [0.717, 1.165) is 18.3 Å². The van der Waals surface area contributed by atoms with Gasteiger partial charge in [0, 0.05) is 0 Å². The molecule has 114 valence electrons. The van der Waals surface area contributed by atoms with Gasteiger partial charge < -0.3 is 0 Å². The molecular weight excluding hydrogens is 360 g/mol. The Labute approximate surface area is 135 Å². The third-order valence-electron chi connectivity index (χ3n) is 5.76. The minimum absolute atomic E-state index is 0.890. The molecule has 0 N–H and O–H groups in total. The third kappa shape index (κ3) is 3.16. The summed E-state index contributed by atoms with van der Waals surface area (Å²) in [6.45, 7) is 3.37. The van der Waals surface area contributed by atoms with Gasteiger partial charge in [-0.05, 0) is 0 Å². The molecule has 1 aromatic heterocycles. The summed E-state index contributed by atoms with van der Waals surface area (Å²) in [7, 11) is 0. The summed E-state index contributed by atoms with van der Waals surface area (Å²) in [5, 5.41) is 0. The van der Waals surface area contributed by atoms with Crippen LogP contribution in [0.3, 0.4) is 0 Å². The first-order chi connectivity index (χ1) is 9.98. The molecule has 2 aliphatic rings. The number of fused-ring (bicyclic) bond motifs is 2. The molecule has 21 heavy (non-hydrogen) atoms. The zero-order chi connectivity index (χ0) is 15.0. The second-order valence-electron chi connectivity index (χ2n) is 8.28. The minimum atomic E-state index is -2.14. The van der Waals surface area contributed by atoms with Crippen LogP contribution in [-0.4, -0.2) is 29.7 Å². The first kappa shape index (κ1) is 15.8. The Balaban J connectivity index is 2.04. The Morgan fingerprint density at radius 2 is 1.43 bits per heavy atom. The summed E-state index contributed by atoms with van der Waals surface area (Å²) in [6.07, 6.45) is 13.5. The molecule has 2 bridgehead atoms. The molecule has 2 aliphatic heterocycles. The van der Waals surface area contributed by atoms with E-state index in [9.17, 15) is 0 Å². The van der Waals surface area contributed by atoms with Crippen molar-refractivity contribution < 1.29 is 0 Å². The Morgan fingerprint density at radius 1 is 0.952 bits per heavy atom. The van der Waals surface area contributed by atoms with Gasteiger partial charge in [-0.3, -0.25) is 0 Å². The summed E-state index contributed by atoms with van der Waals surface area (Å²) in [5.41, 5.74) is 1.77. The van der Waals surface area contributed by atoms with Gasteiger partial charge in [-0.25, -0.2) is 0 Å². The van der Waals surface area contributed by atoms with Gasteiger partial charge in [0.15, 0.2) is 0 Å². The molecular formula is C18H30BNSn. The molecule has 0 spiro atoms. The second-order valence-corrected chi connectivity index (χ2v) is 22.5. The molecule has 2 fully saturated rings. The predicted octanol–water partition coefficient (Wildman–Crippen LogP) is 5.74. The van der Waals surface area contributed by atoms with Gasteiger partial charge in [0.25, 0.3) is 0 Å². The van der Waals surface area contributed by atoms with E-state index in [1.54, 1.807) is 9.19 Å². The van der Waals surface area contributed by atoms with Crippen molar-refractivity contribution in [1.29, 1.82) is 0 Å². The Hall–Kier alpha value is -0.116. The van der Waals surface area contributed by atoms with Crippen LogP contribution in [0.4, 0.5) is 0 Å². The number of allylic oxidation sites excluding steroid dienone is 1. The maximum atomic E-state index is 2.58. The van der Waals surface area contributed by atoms with Gasteiger partial charge in [-0.15, -0.1) is 0 Å². The van der Waals surface area contributed by atoms with Crippen LogP contribution < -0.4 is 0 Å². The van der Waals surface area contributed by atoms with Crippen molar-refractivity contribution in [3.63, 3.8) is 0 Å². The molecule has 3 rings (SSSR count). The number of rotatable bonds is 3. The van der Waals surface area contributed by atoms with E-state index in [-0.39, 0.29) is 0 Å². The number of aromatic nitrogens is 1. The van der Waals surface area contributed by atoms with Gasteiger partial charge >= 0.3 is 135 Å². The van der Waals surface area contributed by atoms with Crippen LogP contribution in [0.15, 0.2) is 30.0 Å². The van der Waals surface area contributed by atoms with E-state index in [1.807, 2.05) is 0 Å². The van der Waals surface area contributed by atoms with Gasteiger partial charge in [-0.2, -0.15) is 0 Å². The van der Waals surface area contributed by atoms with Gasteiger partial charge in [0.1, 0.15) is 0 Å². The normalized spacial score (nSPS) is 27.5. The molecule has 1 nitrogen and oxygen atoms in total. The first-order valence-electron chi connectivity index (χ1n) is 8.83. The van der Waals surface area contributed by atoms with Crippen LogP contribution in [-0.2, 0) is 0 Å². The molecule has 0 aliphatic carbocycles. The van der Waals surface area contributed by atoms with Crippen molar-refractivity contribution in [2.24, 2.45) is 0 Å². The van der Waals surface area contributed by atoms with Crippen LogP contribution in [0.25, 0.3) is 3.71 Å². The summed E-state index contributed by atoms with van der Waals surface area (Å²) in [6, 6.07) is 4.37. The molecule has 3 heterocycles. The van der Waals surface area contributed by atoms with E-state index in [4.69, 9.17) is 0 Å². The second kappa shape index (κ2) is 6.18. The van der Waals surface area contributed by atoms with Gasteiger partial charge in [0.2, 0.25) is 0 Å². The maximum absolute atomic E-state index is 2.58. The SMILES string of the molecule is C/C(B1C2CCCC1CCC2)=[C](\n1cccc1)[Sn]([CH3])([CH3])[CH3]. The fraction of sp³-hybridized carbons (Fsp3) is 0.667. The van der Waals surface area contributed by atoms with E-state index < -0.39 is 18.4 Å². The standard InChI is InChI=1S/C15H21BN.3CH3.Sn/c1-13(12-17-10-2-3-11-17)16-14-6-4-7-15(16)9-5-8-14;;;;/h2-3,10-11,14-15H,4-9H2,1H3;3*1H3;. The number of hydrogen-bond acceptors (Lipinski definition) is 0. The van der Waals surface area contributed by atoms with Crippen molar-refractivity contribution in [1.82, 2.24) is 4.57 Å². The van der Waals surface area contributed by atoms with Crippen LogP contribution in [0.2, 0.25) is 26.5 Å². The van der Waals surface area contributed by atoms with Crippen molar-refractivity contribution in [3.8, 4) is 0 Å². The van der Waals surface area contributed by atoms with Crippen LogP contribution in [0, 0.1) is 0 Å². The molecule has 0 unspecified atom stereocenters. The van der Waals surface area contributed by atoms with E-state index in [0.29, 0.717) is 0 Å². The van der Waals surface area contributed by atoms with E-state index >= 15 is 0 Å². The molecule has 0 saturated carbocycles. The van der Waals surface area contributed by atoms with E-state index in [1.165, 1.54) is 38.5 Å². The van der Waals surface area contributed by atoms with Crippen LogP contribution in [0.5, 0.6) is 0 Å². The Morgan fingerprint density at radius 3 is 1.86 bits per heavy atom. The third-order valence-corrected chi connectivity index (χ3v) is 11.7. The Bertz CT molecular complexity index is 490. The zero-order valence-electron chi connectivity index (χ0n) is 14.2. The van der Waals surface area contributed by atoms with Crippen molar-refractivity contribution in [2.45, 2.75) is 71.9 Å². The van der Waals surface area contributed by atoms with Gasteiger partial charge in [0.05, 0.1) is 0 Å². The number of nitrogens with zero attached hydrogens (tertiary/aromatic N) is 1. The monoisotopic (exact) mass is 391 g/mol. The molecule has 3 heteroatoms. The number of hydrogen-bond donors (Lipinski definition) is 0. The molecule has 0 amide bonds. The average molecular weight is 390 g/mol. The summed E-state index contributed by atoms with van der Waals surface area (Å²) >= 11 is -2.14. The quantitative estimate of drug-likeness (QED) is 0.581. The molecule has 2 saturated heterocycles. The fourth-order valence-electron chi connectivity index (χ4n) is 5.21. The summed E-state index contributed by atoms with van der Waals surface area (Å²) in [5.74, 6) is 1.97. The van der Waals surface area contributed by atoms with Crippen molar-refractivity contribution in [3.05, 3.63) is 30.0 Å². The average Bonchev–Trinajstić information content (AvgIpc) is 2.89. The topological polar surface area (TPSA) is 4.93 Å². The summed E-state index contributed by atoms with van der Waals surface area (Å²) < 4.78 is 4.22. The van der Waals surface area contributed by atoms with Crippen LogP contribution in [0.1, 0.15) is 45.4 Å². The first-order valence-corrected chi connectivity index (χ1v) is 18.8. The molecule has 0 radical (unpaired) electrons. The van der Waals surface area contributed by atoms with Crippen LogP contribution >= 0.6 is 0 Å². The van der Waals surface area contributed by atoms with Gasteiger partial charge in [-0.1, -0.05) is 0 Å². The fourth-order valence-corrected chi connectivity index (χ4v) is 11.7. The predicted molar refractivity (Wildman–Crippen MR) is 97.6 cm³/mol. The molecule has 0 atom stereocenters. The zero-order valence-corrected chi connectivity index (χ0v) is 17.1. The van der Waals surface area contributed by atoms with Crippen molar-refractivity contribution >= 4 is 28.8 Å². The molecule has 0 aromatic carbocycles.